The third-order valence-corrected chi connectivity index (χ3v) is 2.74. The molecule has 1 heterocycles. The van der Waals surface area contributed by atoms with Crippen molar-refractivity contribution in [2.45, 2.75) is 38.7 Å². The van der Waals surface area contributed by atoms with Crippen LogP contribution < -0.4 is 10.6 Å². The predicted molar refractivity (Wildman–Crippen MR) is 59.8 cm³/mol. The zero-order valence-electron chi connectivity index (χ0n) is 9.77. The molecule has 88 valence electrons. The van der Waals surface area contributed by atoms with E-state index < -0.39 is 0 Å². The molecule has 4 nitrogen and oxygen atoms in total. The van der Waals surface area contributed by atoms with Crippen molar-refractivity contribution in [1.29, 1.82) is 0 Å². The van der Waals surface area contributed by atoms with Crippen LogP contribution in [-0.4, -0.2) is 37.7 Å². The van der Waals surface area contributed by atoms with E-state index in [0.29, 0.717) is 13.0 Å². The fourth-order valence-electron chi connectivity index (χ4n) is 1.73. The van der Waals surface area contributed by atoms with Gasteiger partial charge in [0.05, 0.1) is 5.60 Å². The van der Waals surface area contributed by atoms with E-state index in [9.17, 15) is 4.79 Å². The minimum atomic E-state index is -0.131. The average Bonchev–Trinajstić information content (AvgIpc) is 2.64. The van der Waals surface area contributed by atoms with Crippen LogP contribution in [0.15, 0.2) is 0 Å². The number of hydrogen-bond acceptors (Lipinski definition) is 3. The lowest BCUT2D eigenvalue weighted by atomic mass is 10.0. The summed E-state index contributed by atoms with van der Waals surface area (Å²) in [6, 6.07) is 0. The Kier molecular flexibility index (Phi) is 5.05. The fourth-order valence-corrected chi connectivity index (χ4v) is 1.73. The Labute approximate surface area is 91.8 Å². The van der Waals surface area contributed by atoms with Crippen LogP contribution in [0.3, 0.4) is 0 Å². The second-order valence-corrected chi connectivity index (χ2v) is 4.28. The highest BCUT2D eigenvalue weighted by atomic mass is 16.5. The van der Waals surface area contributed by atoms with E-state index in [0.717, 1.165) is 32.5 Å². The normalized spacial score (nSPS) is 25.5. The topological polar surface area (TPSA) is 50.4 Å². The standard InChI is InChI=1S/C11H22N2O2/c1-3-12-7-5-10(14)13-9-11(2)6-4-8-15-11/h12H,3-9H2,1-2H3,(H,13,14). The quantitative estimate of drug-likeness (QED) is 0.639. The molecule has 4 heteroatoms. The van der Waals surface area contributed by atoms with Crippen LogP contribution >= 0.6 is 0 Å². The summed E-state index contributed by atoms with van der Waals surface area (Å²) in [6.45, 7) is 7.21. The van der Waals surface area contributed by atoms with Gasteiger partial charge in [0.25, 0.3) is 0 Å². The molecule has 15 heavy (non-hydrogen) atoms. The molecular weight excluding hydrogens is 192 g/mol. The van der Waals surface area contributed by atoms with Crippen LogP contribution in [0.25, 0.3) is 0 Å². The molecule has 1 atom stereocenters. The van der Waals surface area contributed by atoms with Gasteiger partial charge in [-0.1, -0.05) is 6.92 Å². The second-order valence-electron chi connectivity index (χ2n) is 4.28. The summed E-state index contributed by atoms with van der Waals surface area (Å²) < 4.78 is 5.59. The smallest absolute Gasteiger partial charge is 0.221 e. The first-order valence-electron chi connectivity index (χ1n) is 5.78. The van der Waals surface area contributed by atoms with E-state index in [2.05, 4.69) is 17.6 Å². The zero-order chi connectivity index (χ0) is 11.1. The Morgan fingerprint density at radius 2 is 2.33 bits per heavy atom. The molecule has 1 amide bonds. The summed E-state index contributed by atoms with van der Waals surface area (Å²) in [5, 5.41) is 6.04. The van der Waals surface area contributed by atoms with Gasteiger partial charge in [0.2, 0.25) is 5.91 Å². The number of amides is 1. The third kappa shape index (κ3) is 4.62. The number of nitrogens with one attached hydrogen (secondary N) is 2. The Morgan fingerprint density at radius 1 is 1.53 bits per heavy atom. The van der Waals surface area contributed by atoms with Gasteiger partial charge in [-0.25, -0.2) is 0 Å². The van der Waals surface area contributed by atoms with Gasteiger partial charge < -0.3 is 15.4 Å². The van der Waals surface area contributed by atoms with Crippen molar-refractivity contribution < 1.29 is 9.53 Å². The molecule has 0 aromatic rings. The van der Waals surface area contributed by atoms with E-state index in [1.54, 1.807) is 0 Å². The number of hydrogen-bond donors (Lipinski definition) is 2. The van der Waals surface area contributed by atoms with Crippen molar-refractivity contribution in [3.63, 3.8) is 0 Å². The molecule has 1 saturated heterocycles. The van der Waals surface area contributed by atoms with E-state index >= 15 is 0 Å². The van der Waals surface area contributed by atoms with Gasteiger partial charge in [0, 0.05) is 26.1 Å². The molecule has 0 aliphatic carbocycles. The molecule has 0 aromatic carbocycles. The van der Waals surface area contributed by atoms with Gasteiger partial charge in [0.1, 0.15) is 0 Å². The van der Waals surface area contributed by atoms with Crippen LogP contribution in [-0.2, 0) is 9.53 Å². The first-order valence-corrected chi connectivity index (χ1v) is 5.78. The van der Waals surface area contributed by atoms with Crippen molar-refractivity contribution in [3.05, 3.63) is 0 Å². The summed E-state index contributed by atoms with van der Waals surface area (Å²) in [4.78, 5) is 11.4. The molecule has 1 unspecified atom stereocenters. The maximum Gasteiger partial charge on any atom is 0.221 e. The molecule has 1 aliphatic heterocycles. The van der Waals surface area contributed by atoms with Gasteiger partial charge >= 0.3 is 0 Å². The highest BCUT2D eigenvalue weighted by molar-refractivity contribution is 5.76. The van der Waals surface area contributed by atoms with E-state index in [4.69, 9.17) is 4.74 Å². The summed E-state index contributed by atoms with van der Waals surface area (Å²) in [6.07, 6.45) is 2.69. The van der Waals surface area contributed by atoms with Crippen LogP contribution in [0.5, 0.6) is 0 Å². The van der Waals surface area contributed by atoms with Crippen molar-refractivity contribution in [2.75, 3.05) is 26.2 Å². The predicted octanol–water partition coefficient (Wildman–Crippen LogP) is 0.671. The molecule has 0 aromatic heterocycles. The number of rotatable bonds is 6. The van der Waals surface area contributed by atoms with E-state index in [1.165, 1.54) is 0 Å². The molecule has 2 N–H and O–H groups in total. The monoisotopic (exact) mass is 214 g/mol. The van der Waals surface area contributed by atoms with Gasteiger partial charge in [0.15, 0.2) is 0 Å². The number of carbonyl (C=O) groups excluding carboxylic acids is 1. The fraction of sp³-hybridized carbons (Fsp3) is 0.909. The molecule has 1 rings (SSSR count). The molecule has 0 saturated carbocycles. The van der Waals surface area contributed by atoms with Crippen LogP contribution in [0.1, 0.15) is 33.1 Å². The van der Waals surface area contributed by atoms with E-state index in [-0.39, 0.29) is 11.5 Å². The average molecular weight is 214 g/mol. The van der Waals surface area contributed by atoms with Gasteiger partial charge in [-0.2, -0.15) is 0 Å². The second kappa shape index (κ2) is 6.08. The molecule has 1 aliphatic rings. The molecule has 1 fully saturated rings. The molecule has 0 bridgehead atoms. The number of ether oxygens (including phenoxy) is 1. The van der Waals surface area contributed by atoms with Crippen LogP contribution in [0.2, 0.25) is 0 Å². The van der Waals surface area contributed by atoms with Crippen molar-refractivity contribution in [3.8, 4) is 0 Å². The van der Waals surface area contributed by atoms with Gasteiger partial charge in [-0.05, 0) is 26.3 Å². The molecule has 0 radical (unpaired) electrons. The van der Waals surface area contributed by atoms with Gasteiger partial charge in [-0.15, -0.1) is 0 Å². The lowest BCUT2D eigenvalue weighted by Gasteiger charge is -2.23. The summed E-state index contributed by atoms with van der Waals surface area (Å²) in [5.74, 6) is 0.104. The highest BCUT2D eigenvalue weighted by Gasteiger charge is 2.29. The lowest BCUT2D eigenvalue weighted by molar-refractivity contribution is -0.122. The van der Waals surface area contributed by atoms with E-state index in [1.807, 2.05) is 6.92 Å². The Bertz CT molecular complexity index is 201. The van der Waals surface area contributed by atoms with Crippen LogP contribution in [0.4, 0.5) is 0 Å². The Morgan fingerprint density at radius 3 is 2.93 bits per heavy atom. The summed E-state index contributed by atoms with van der Waals surface area (Å²) >= 11 is 0. The van der Waals surface area contributed by atoms with Crippen molar-refractivity contribution in [1.82, 2.24) is 10.6 Å². The zero-order valence-corrected chi connectivity index (χ0v) is 9.77. The summed E-state index contributed by atoms with van der Waals surface area (Å²) in [5.41, 5.74) is -0.131. The maximum absolute atomic E-state index is 11.4. The Hall–Kier alpha value is -0.610. The van der Waals surface area contributed by atoms with Crippen molar-refractivity contribution >= 4 is 5.91 Å². The maximum atomic E-state index is 11.4. The highest BCUT2D eigenvalue weighted by Crippen LogP contribution is 2.23. The minimum Gasteiger partial charge on any atom is -0.373 e. The summed E-state index contributed by atoms with van der Waals surface area (Å²) in [7, 11) is 0. The minimum absolute atomic E-state index is 0.104. The van der Waals surface area contributed by atoms with Crippen LogP contribution in [0, 0.1) is 0 Å². The van der Waals surface area contributed by atoms with Crippen molar-refractivity contribution in [2.24, 2.45) is 0 Å². The SMILES string of the molecule is CCNCCC(=O)NCC1(C)CCCO1. The molecule has 0 spiro atoms. The third-order valence-electron chi connectivity index (χ3n) is 2.74. The first kappa shape index (κ1) is 12.5. The number of carbonyl (C=O) groups is 1. The Balaban J connectivity index is 2.10. The first-order chi connectivity index (χ1) is 7.16. The lowest BCUT2D eigenvalue weighted by Crippen LogP contribution is -2.40. The largest absolute Gasteiger partial charge is 0.373 e. The molecular formula is C11H22N2O2. The van der Waals surface area contributed by atoms with Gasteiger partial charge in [-0.3, -0.25) is 4.79 Å².